The average Bonchev–Trinajstić information content (AvgIpc) is 3.18. The molecule has 4 rings (SSSR count). The van der Waals surface area contributed by atoms with Gasteiger partial charge < -0.3 is 10.0 Å². The first-order valence-corrected chi connectivity index (χ1v) is 11.0. The fraction of sp³-hybridized carbons (Fsp3) is 0.250. The van der Waals surface area contributed by atoms with Gasteiger partial charge in [0.15, 0.2) is 0 Å². The van der Waals surface area contributed by atoms with Gasteiger partial charge in [-0.2, -0.15) is 0 Å². The van der Waals surface area contributed by atoms with Crippen molar-refractivity contribution in [3.05, 3.63) is 84.4 Å². The summed E-state index contributed by atoms with van der Waals surface area (Å²) in [5.41, 5.74) is 2.63. The Hall–Kier alpha value is -2.15. The maximum atomic E-state index is 9.92. The minimum Gasteiger partial charge on any atom is -0.394 e. The van der Waals surface area contributed by atoms with Crippen LogP contribution >= 0.6 is 7.92 Å². The highest BCUT2D eigenvalue weighted by molar-refractivity contribution is 7.80. The van der Waals surface area contributed by atoms with Crippen LogP contribution in [0.15, 0.2) is 78.9 Å². The second-order valence-electron chi connectivity index (χ2n) is 7.12. The fourth-order valence-corrected chi connectivity index (χ4v) is 6.65. The summed E-state index contributed by atoms with van der Waals surface area (Å²) in [5.74, 6) is 0. The largest absolute Gasteiger partial charge is 0.394 e. The number of aliphatic hydroxyl groups is 1. The van der Waals surface area contributed by atoms with Crippen molar-refractivity contribution in [3.8, 4) is 0 Å². The van der Waals surface area contributed by atoms with E-state index in [0.29, 0.717) is 0 Å². The molecule has 3 heteroatoms. The molecule has 0 spiro atoms. The Morgan fingerprint density at radius 3 is 2.11 bits per heavy atom. The highest BCUT2D eigenvalue weighted by Gasteiger charge is 2.29. The number of hydrogen-bond donors (Lipinski definition) is 1. The van der Waals surface area contributed by atoms with E-state index in [2.05, 4.69) is 90.7 Å². The van der Waals surface area contributed by atoms with E-state index >= 15 is 0 Å². The van der Waals surface area contributed by atoms with Gasteiger partial charge in [-0.05, 0) is 43.9 Å². The van der Waals surface area contributed by atoms with Gasteiger partial charge in [-0.25, -0.2) is 0 Å². The first-order chi connectivity index (χ1) is 13.3. The van der Waals surface area contributed by atoms with Crippen LogP contribution in [-0.2, 0) is 0 Å². The first kappa shape index (κ1) is 18.2. The summed E-state index contributed by atoms with van der Waals surface area (Å²) < 4.78 is 0. The predicted molar refractivity (Wildman–Crippen MR) is 117 cm³/mol. The van der Waals surface area contributed by atoms with Crippen molar-refractivity contribution in [2.45, 2.75) is 25.8 Å². The van der Waals surface area contributed by atoms with Crippen LogP contribution in [0.25, 0.3) is 0 Å². The third-order valence-electron chi connectivity index (χ3n) is 5.36. The fourth-order valence-electron chi connectivity index (χ4n) is 4.10. The lowest BCUT2D eigenvalue weighted by atomic mass is 10.1. The minimum atomic E-state index is -0.646. The van der Waals surface area contributed by atoms with E-state index in [1.807, 2.05) is 0 Å². The maximum absolute atomic E-state index is 9.92. The van der Waals surface area contributed by atoms with Crippen LogP contribution in [0.4, 0.5) is 5.69 Å². The number of hydrogen-bond acceptors (Lipinski definition) is 2. The molecule has 1 N–H and O–H groups in total. The van der Waals surface area contributed by atoms with Gasteiger partial charge in [0.1, 0.15) is 0 Å². The summed E-state index contributed by atoms with van der Waals surface area (Å²) in [7, 11) is -0.646. The third kappa shape index (κ3) is 3.65. The lowest BCUT2D eigenvalue weighted by Crippen LogP contribution is -2.37. The van der Waals surface area contributed by atoms with Crippen molar-refractivity contribution in [2.24, 2.45) is 0 Å². The normalized spacial score (nSPS) is 16.9. The Morgan fingerprint density at radius 1 is 0.889 bits per heavy atom. The van der Waals surface area contributed by atoms with E-state index in [0.717, 1.165) is 19.4 Å². The molecule has 1 heterocycles. The van der Waals surface area contributed by atoms with Crippen LogP contribution < -0.4 is 20.8 Å². The van der Waals surface area contributed by atoms with Crippen LogP contribution in [-0.4, -0.2) is 24.3 Å². The Morgan fingerprint density at radius 2 is 1.52 bits per heavy atom. The highest BCUT2D eigenvalue weighted by atomic mass is 31.1. The molecule has 2 nitrogen and oxygen atoms in total. The Kier molecular flexibility index (Phi) is 5.57. The van der Waals surface area contributed by atoms with E-state index in [1.165, 1.54) is 27.2 Å². The molecule has 0 aliphatic carbocycles. The molecule has 3 aromatic rings. The molecule has 1 aliphatic heterocycles. The summed E-state index contributed by atoms with van der Waals surface area (Å²) in [4.78, 5) is 2.45. The van der Waals surface area contributed by atoms with Crippen molar-refractivity contribution >= 4 is 29.5 Å². The number of rotatable bonds is 5. The second-order valence-corrected chi connectivity index (χ2v) is 9.31. The molecule has 0 unspecified atom stereocenters. The molecule has 0 saturated carbocycles. The second kappa shape index (κ2) is 8.25. The third-order valence-corrected chi connectivity index (χ3v) is 7.83. The number of anilines is 1. The quantitative estimate of drug-likeness (QED) is 0.687. The van der Waals surface area contributed by atoms with Crippen molar-refractivity contribution in [1.29, 1.82) is 0 Å². The first-order valence-electron chi connectivity index (χ1n) is 9.67. The number of aryl methyl sites for hydroxylation is 1. The molecule has 1 atom stereocenters. The summed E-state index contributed by atoms with van der Waals surface area (Å²) >= 11 is 0. The molecular formula is C24H26NOP. The van der Waals surface area contributed by atoms with Gasteiger partial charge >= 0.3 is 0 Å². The van der Waals surface area contributed by atoms with Gasteiger partial charge in [0, 0.05) is 17.5 Å². The van der Waals surface area contributed by atoms with Gasteiger partial charge in [-0.15, -0.1) is 0 Å². The molecule has 1 fully saturated rings. The molecular weight excluding hydrogens is 349 g/mol. The zero-order chi connectivity index (χ0) is 18.6. The minimum absolute atomic E-state index is 0.225. The van der Waals surface area contributed by atoms with E-state index < -0.39 is 7.92 Å². The molecule has 138 valence electrons. The Labute approximate surface area is 163 Å². The standard InChI is InChI=1S/C24H26NOP/c1-19-10-8-16-23(24(19)25-17-9-11-20(25)18-26)27(21-12-4-2-5-13-21)22-14-6-3-7-15-22/h2-8,10,12-16,20,26H,9,11,17-18H2,1H3/t20-/m0/s1. The van der Waals surface area contributed by atoms with Gasteiger partial charge in [0.05, 0.1) is 12.6 Å². The van der Waals surface area contributed by atoms with Gasteiger partial charge in [0.2, 0.25) is 0 Å². The van der Waals surface area contributed by atoms with Crippen LogP contribution in [0.5, 0.6) is 0 Å². The monoisotopic (exact) mass is 375 g/mol. The molecule has 0 bridgehead atoms. The van der Waals surface area contributed by atoms with Crippen molar-refractivity contribution in [3.63, 3.8) is 0 Å². The summed E-state index contributed by atoms with van der Waals surface area (Å²) in [6.07, 6.45) is 2.21. The van der Waals surface area contributed by atoms with E-state index in [4.69, 9.17) is 0 Å². The van der Waals surface area contributed by atoms with Crippen molar-refractivity contribution < 1.29 is 5.11 Å². The number of benzene rings is 3. The lowest BCUT2D eigenvalue weighted by molar-refractivity contribution is 0.266. The molecule has 0 aromatic heterocycles. The molecule has 3 aromatic carbocycles. The molecule has 27 heavy (non-hydrogen) atoms. The molecule has 0 radical (unpaired) electrons. The van der Waals surface area contributed by atoms with E-state index in [1.54, 1.807) is 0 Å². The number of aliphatic hydroxyl groups excluding tert-OH is 1. The van der Waals surface area contributed by atoms with E-state index in [9.17, 15) is 5.11 Å². The summed E-state index contributed by atoms with van der Waals surface area (Å²) in [5, 5.41) is 14.0. The number of nitrogens with zero attached hydrogens (tertiary/aromatic N) is 1. The van der Waals surface area contributed by atoms with Crippen LogP contribution in [0, 0.1) is 6.92 Å². The maximum Gasteiger partial charge on any atom is 0.0635 e. The zero-order valence-electron chi connectivity index (χ0n) is 15.8. The van der Waals surface area contributed by atoms with Crippen LogP contribution in [0.3, 0.4) is 0 Å². The van der Waals surface area contributed by atoms with Gasteiger partial charge in [0.25, 0.3) is 0 Å². The SMILES string of the molecule is Cc1cccc(P(c2ccccc2)c2ccccc2)c1N1CCC[C@H]1CO. The summed E-state index contributed by atoms with van der Waals surface area (Å²) in [6.45, 7) is 3.45. The zero-order valence-corrected chi connectivity index (χ0v) is 16.6. The van der Waals surface area contributed by atoms with Crippen LogP contribution in [0.1, 0.15) is 18.4 Å². The van der Waals surface area contributed by atoms with Crippen molar-refractivity contribution in [2.75, 3.05) is 18.1 Å². The molecule has 1 saturated heterocycles. The van der Waals surface area contributed by atoms with Crippen molar-refractivity contribution in [1.82, 2.24) is 0 Å². The topological polar surface area (TPSA) is 23.5 Å². The van der Waals surface area contributed by atoms with Gasteiger partial charge in [-0.3, -0.25) is 0 Å². The Bertz CT molecular complexity index is 842. The molecule has 0 amide bonds. The molecule has 1 aliphatic rings. The summed E-state index contributed by atoms with van der Waals surface area (Å²) in [6, 6.07) is 28.6. The highest BCUT2D eigenvalue weighted by Crippen LogP contribution is 2.39. The smallest absolute Gasteiger partial charge is 0.0635 e. The average molecular weight is 375 g/mol. The van der Waals surface area contributed by atoms with Gasteiger partial charge in [-0.1, -0.05) is 78.9 Å². The van der Waals surface area contributed by atoms with E-state index in [-0.39, 0.29) is 12.6 Å². The Balaban J connectivity index is 1.90. The predicted octanol–water partition coefficient (Wildman–Crippen LogP) is 3.71. The number of para-hydroxylation sites is 1. The lowest BCUT2D eigenvalue weighted by Gasteiger charge is -2.32. The van der Waals surface area contributed by atoms with Crippen LogP contribution in [0.2, 0.25) is 0 Å².